The molecule has 6 nitrogen and oxygen atoms in total. The molecular weight excluding hydrogens is 310 g/mol. The van der Waals surface area contributed by atoms with Gasteiger partial charge in [-0.15, -0.1) is 21.5 Å². The first kappa shape index (κ1) is 16.1. The van der Waals surface area contributed by atoms with Gasteiger partial charge in [-0.05, 0) is 12.8 Å². The molecule has 124 valence electrons. The predicted molar refractivity (Wildman–Crippen MR) is 89.7 cm³/mol. The molecule has 1 amide bonds. The first-order chi connectivity index (χ1) is 10.9. The van der Waals surface area contributed by atoms with E-state index in [-0.39, 0.29) is 11.3 Å². The number of rotatable bonds is 2. The Labute approximate surface area is 140 Å². The fraction of sp³-hybridized carbons (Fsp3) is 0.625. The van der Waals surface area contributed by atoms with Crippen LogP contribution >= 0.6 is 11.3 Å². The van der Waals surface area contributed by atoms with Gasteiger partial charge in [0, 0.05) is 36.9 Å². The van der Waals surface area contributed by atoms with E-state index in [2.05, 4.69) is 36.0 Å². The number of hydrogen-bond acceptors (Lipinski definition) is 5. The number of hydrogen-bond donors (Lipinski definition) is 0. The number of aromatic nitrogens is 4. The third-order valence-corrected chi connectivity index (χ3v) is 5.53. The van der Waals surface area contributed by atoms with Gasteiger partial charge < -0.3 is 9.47 Å². The topological polar surface area (TPSA) is 63.9 Å². The van der Waals surface area contributed by atoms with Crippen LogP contribution in [-0.2, 0) is 12.5 Å². The van der Waals surface area contributed by atoms with Crippen molar-refractivity contribution in [1.82, 2.24) is 24.6 Å². The lowest BCUT2D eigenvalue weighted by Gasteiger charge is -2.31. The van der Waals surface area contributed by atoms with Crippen LogP contribution in [0.1, 0.15) is 60.9 Å². The lowest BCUT2D eigenvalue weighted by molar-refractivity contribution is 0.0705. The average Bonchev–Trinajstić information content (AvgIpc) is 3.15. The van der Waals surface area contributed by atoms with Crippen molar-refractivity contribution in [1.29, 1.82) is 0 Å². The molecule has 2 aromatic rings. The Kier molecular flexibility index (Phi) is 4.23. The van der Waals surface area contributed by atoms with Crippen LogP contribution in [0.2, 0.25) is 0 Å². The van der Waals surface area contributed by atoms with Gasteiger partial charge in [0.2, 0.25) is 0 Å². The van der Waals surface area contributed by atoms with E-state index in [0.29, 0.717) is 11.6 Å². The van der Waals surface area contributed by atoms with Crippen molar-refractivity contribution in [3.05, 3.63) is 28.2 Å². The summed E-state index contributed by atoms with van der Waals surface area (Å²) >= 11 is 1.57. The highest BCUT2D eigenvalue weighted by Gasteiger charge is 2.28. The molecular formula is C16H23N5OS. The van der Waals surface area contributed by atoms with Crippen LogP contribution in [0.4, 0.5) is 0 Å². The quantitative estimate of drug-likeness (QED) is 0.847. The third-order valence-electron chi connectivity index (χ3n) is 4.26. The Morgan fingerprint density at radius 1 is 1.30 bits per heavy atom. The highest BCUT2D eigenvalue weighted by molar-refractivity contribution is 7.10. The first-order valence-corrected chi connectivity index (χ1v) is 8.83. The smallest absolute Gasteiger partial charge is 0.273 e. The van der Waals surface area contributed by atoms with E-state index < -0.39 is 0 Å². The monoisotopic (exact) mass is 333 g/mol. The normalized spacial score (nSPS) is 16.8. The molecule has 0 spiro atoms. The zero-order valence-corrected chi connectivity index (χ0v) is 14.9. The van der Waals surface area contributed by atoms with E-state index in [1.165, 1.54) is 0 Å². The molecule has 1 aliphatic heterocycles. The van der Waals surface area contributed by atoms with Crippen LogP contribution in [0.3, 0.4) is 0 Å². The number of carbonyl (C=O) groups is 1. The minimum absolute atomic E-state index is 0.0125. The number of thiazole rings is 1. The summed E-state index contributed by atoms with van der Waals surface area (Å²) in [5.74, 6) is 1.45. The number of carbonyl (C=O) groups excluding carboxylic acids is 1. The van der Waals surface area contributed by atoms with Crippen molar-refractivity contribution >= 4 is 17.2 Å². The van der Waals surface area contributed by atoms with Crippen molar-refractivity contribution in [2.75, 3.05) is 13.1 Å². The van der Waals surface area contributed by atoms with Crippen molar-refractivity contribution in [2.24, 2.45) is 7.05 Å². The summed E-state index contributed by atoms with van der Waals surface area (Å²) in [5.41, 5.74) is 0.568. The van der Waals surface area contributed by atoms with Gasteiger partial charge in [-0.1, -0.05) is 20.8 Å². The number of nitrogens with zero attached hydrogens (tertiary/aromatic N) is 5. The van der Waals surface area contributed by atoms with Gasteiger partial charge in [0.1, 0.15) is 17.8 Å². The lowest BCUT2D eigenvalue weighted by atomic mass is 9.95. The third kappa shape index (κ3) is 3.29. The molecule has 1 fully saturated rings. The minimum atomic E-state index is -0.0125. The van der Waals surface area contributed by atoms with Crippen molar-refractivity contribution in [2.45, 2.75) is 44.9 Å². The molecule has 2 aromatic heterocycles. The van der Waals surface area contributed by atoms with E-state index in [0.717, 1.165) is 36.8 Å². The van der Waals surface area contributed by atoms with Gasteiger partial charge in [0.25, 0.3) is 5.91 Å². The largest absolute Gasteiger partial charge is 0.337 e. The molecule has 0 unspecified atom stereocenters. The van der Waals surface area contributed by atoms with E-state index in [1.54, 1.807) is 17.7 Å². The second-order valence-electron chi connectivity index (χ2n) is 7.15. The van der Waals surface area contributed by atoms with Crippen LogP contribution in [0.15, 0.2) is 11.7 Å². The standard InChI is InChI=1S/C16H23N5OS/c1-16(2,3)15-18-12(9-23-15)14(22)21-7-5-11(6-8-21)13-19-17-10-20(13)4/h9-11H,5-8H2,1-4H3. The summed E-state index contributed by atoms with van der Waals surface area (Å²) in [6.45, 7) is 7.85. The second-order valence-corrected chi connectivity index (χ2v) is 8.01. The van der Waals surface area contributed by atoms with E-state index >= 15 is 0 Å². The number of likely N-dealkylation sites (tertiary alicyclic amines) is 1. The molecule has 1 saturated heterocycles. The lowest BCUT2D eigenvalue weighted by Crippen LogP contribution is -2.38. The van der Waals surface area contributed by atoms with Gasteiger partial charge in [0.15, 0.2) is 0 Å². The molecule has 1 aliphatic rings. The molecule has 3 rings (SSSR count). The number of piperidine rings is 1. The molecule has 0 atom stereocenters. The van der Waals surface area contributed by atoms with Crippen molar-refractivity contribution in [3.8, 4) is 0 Å². The molecule has 0 radical (unpaired) electrons. The number of aryl methyl sites for hydroxylation is 1. The summed E-state index contributed by atoms with van der Waals surface area (Å²) < 4.78 is 1.97. The highest BCUT2D eigenvalue weighted by atomic mass is 32.1. The van der Waals surface area contributed by atoms with Gasteiger partial charge in [0.05, 0.1) is 5.01 Å². The van der Waals surface area contributed by atoms with Crippen molar-refractivity contribution < 1.29 is 4.79 Å². The fourth-order valence-electron chi connectivity index (χ4n) is 2.88. The zero-order valence-electron chi connectivity index (χ0n) is 14.1. The van der Waals surface area contributed by atoms with Crippen LogP contribution < -0.4 is 0 Å². The molecule has 0 saturated carbocycles. The second kappa shape index (κ2) is 6.03. The predicted octanol–water partition coefficient (Wildman–Crippen LogP) is 2.59. The summed E-state index contributed by atoms with van der Waals surface area (Å²) in [4.78, 5) is 19.1. The molecule has 0 N–H and O–H groups in total. The molecule has 7 heteroatoms. The van der Waals surface area contributed by atoms with E-state index in [9.17, 15) is 4.79 Å². The van der Waals surface area contributed by atoms with Crippen molar-refractivity contribution in [3.63, 3.8) is 0 Å². The molecule has 23 heavy (non-hydrogen) atoms. The van der Waals surface area contributed by atoms with Crippen LogP contribution in [0, 0.1) is 0 Å². The first-order valence-electron chi connectivity index (χ1n) is 7.95. The molecule has 0 aromatic carbocycles. The maximum Gasteiger partial charge on any atom is 0.273 e. The van der Waals surface area contributed by atoms with Gasteiger partial charge in [-0.3, -0.25) is 4.79 Å². The zero-order chi connectivity index (χ0) is 16.6. The van der Waals surface area contributed by atoms with Gasteiger partial charge in [-0.25, -0.2) is 4.98 Å². The molecule has 3 heterocycles. The fourth-order valence-corrected chi connectivity index (χ4v) is 3.76. The Bertz CT molecular complexity index is 691. The molecule has 0 aliphatic carbocycles. The summed E-state index contributed by atoms with van der Waals surface area (Å²) in [6, 6.07) is 0. The average molecular weight is 333 g/mol. The maximum absolute atomic E-state index is 12.6. The summed E-state index contributed by atoms with van der Waals surface area (Å²) in [6.07, 6.45) is 3.58. The van der Waals surface area contributed by atoms with Crippen LogP contribution in [-0.4, -0.2) is 43.6 Å². The van der Waals surface area contributed by atoms with Gasteiger partial charge >= 0.3 is 0 Å². The maximum atomic E-state index is 12.6. The SMILES string of the molecule is Cn1cnnc1C1CCN(C(=O)c2csc(C(C)(C)C)n2)CC1. The van der Waals surface area contributed by atoms with E-state index in [1.807, 2.05) is 21.9 Å². The summed E-state index contributed by atoms with van der Waals surface area (Å²) in [5, 5.41) is 11.0. The Morgan fingerprint density at radius 2 is 2.00 bits per heavy atom. The van der Waals surface area contributed by atoms with E-state index in [4.69, 9.17) is 0 Å². The number of amides is 1. The summed E-state index contributed by atoms with van der Waals surface area (Å²) in [7, 11) is 1.97. The Hall–Kier alpha value is -1.76. The van der Waals surface area contributed by atoms with Crippen LogP contribution in [0.25, 0.3) is 0 Å². The minimum Gasteiger partial charge on any atom is -0.337 e. The Morgan fingerprint density at radius 3 is 2.52 bits per heavy atom. The highest BCUT2D eigenvalue weighted by Crippen LogP contribution is 2.29. The molecule has 0 bridgehead atoms. The van der Waals surface area contributed by atoms with Crippen LogP contribution in [0.5, 0.6) is 0 Å². The van der Waals surface area contributed by atoms with Gasteiger partial charge in [-0.2, -0.15) is 0 Å². The Balaban J connectivity index is 1.64.